The molecule has 1 amide bonds. The van der Waals surface area contributed by atoms with Gasteiger partial charge in [0, 0.05) is 12.1 Å². The van der Waals surface area contributed by atoms with Crippen LogP contribution in [-0.4, -0.2) is 18.0 Å². The van der Waals surface area contributed by atoms with Gasteiger partial charge in [-0.3, -0.25) is 4.79 Å². The molecule has 2 N–H and O–H groups in total. The maximum atomic E-state index is 13.6. The molecule has 0 aliphatic heterocycles. The second-order valence-electron chi connectivity index (χ2n) is 5.53. The second kappa shape index (κ2) is 8.11. The summed E-state index contributed by atoms with van der Waals surface area (Å²) in [6.45, 7) is 0.334. The highest BCUT2D eigenvalue weighted by Crippen LogP contribution is 2.23. The SMILES string of the molecule is COc1ccccc1NC(=O)c1ccc(NCc2ccccc2F)cn1. The topological polar surface area (TPSA) is 63.2 Å². The molecule has 0 unspecified atom stereocenters. The van der Waals surface area contributed by atoms with Gasteiger partial charge < -0.3 is 15.4 Å². The van der Waals surface area contributed by atoms with Crippen LogP contribution in [0.5, 0.6) is 5.75 Å². The number of nitrogens with one attached hydrogen (secondary N) is 2. The van der Waals surface area contributed by atoms with E-state index < -0.39 is 0 Å². The number of carbonyl (C=O) groups excluding carboxylic acids is 1. The number of ether oxygens (including phenoxy) is 1. The molecule has 3 aromatic rings. The molecule has 0 aliphatic rings. The van der Waals surface area contributed by atoms with Crippen molar-refractivity contribution in [3.05, 3.63) is 83.9 Å². The monoisotopic (exact) mass is 351 g/mol. The summed E-state index contributed by atoms with van der Waals surface area (Å²) in [5, 5.41) is 5.85. The molecule has 2 aromatic carbocycles. The van der Waals surface area contributed by atoms with E-state index in [9.17, 15) is 9.18 Å². The molecule has 0 saturated heterocycles. The average molecular weight is 351 g/mol. The molecule has 0 bridgehead atoms. The maximum absolute atomic E-state index is 13.6. The zero-order valence-corrected chi connectivity index (χ0v) is 14.2. The molecule has 6 heteroatoms. The first-order chi connectivity index (χ1) is 12.7. The minimum atomic E-state index is -0.338. The van der Waals surface area contributed by atoms with E-state index in [0.717, 1.165) is 0 Å². The lowest BCUT2D eigenvalue weighted by Gasteiger charge is -2.10. The predicted molar refractivity (Wildman–Crippen MR) is 98.9 cm³/mol. The summed E-state index contributed by atoms with van der Waals surface area (Å²) in [6.07, 6.45) is 1.54. The van der Waals surface area contributed by atoms with Crippen LogP contribution in [0.1, 0.15) is 16.1 Å². The summed E-state index contributed by atoms with van der Waals surface area (Å²) >= 11 is 0. The number of halogens is 1. The zero-order valence-electron chi connectivity index (χ0n) is 14.2. The number of hydrogen-bond acceptors (Lipinski definition) is 4. The van der Waals surface area contributed by atoms with Crippen molar-refractivity contribution in [2.24, 2.45) is 0 Å². The van der Waals surface area contributed by atoms with Crippen LogP contribution >= 0.6 is 0 Å². The lowest BCUT2D eigenvalue weighted by molar-refractivity contribution is 0.102. The number of rotatable bonds is 6. The molecule has 0 fully saturated rings. The van der Waals surface area contributed by atoms with E-state index >= 15 is 0 Å². The third kappa shape index (κ3) is 4.16. The number of amides is 1. The van der Waals surface area contributed by atoms with Crippen molar-refractivity contribution in [2.75, 3.05) is 17.7 Å². The Morgan fingerprint density at radius 3 is 2.58 bits per heavy atom. The van der Waals surface area contributed by atoms with Gasteiger partial charge in [-0.25, -0.2) is 9.37 Å². The number of aromatic nitrogens is 1. The second-order valence-corrected chi connectivity index (χ2v) is 5.53. The van der Waals surface area contributed by atoms with E-state index in [2.05, 4.69) is 15.6 Å². The molecular formula is C20H18FN3O2. The number of pyridine rings is 1. The van der Waals surface area contributed by atoms with Gasteiger partial charge in [0.05, 0.1) is 24.7 Å². The minimum Gasteiger partial charge on any atom is -0.495 e. The zero-order chi connectivity index (χ0) is 18.4. The van der Waals surface area contributed by atoms with Gasteiger partial charge in [0.15, 0.2) is 0 Å². The molecule has 1 heterocycles. The lowest BCUT2D eigenvalue weighted by Crippen LogP contribution is -2.14. The van der Waals surface area contributed by atoms with Crippen LogP contribution in [0.4, 0.5) is 15.8 Å². The van der Waals surface area contributed by atoms with Crippen LogP contribution in [0.2, 0.25) is 0 Å². The molecule has 0 spiro atoms. The van der Waals surface area contributed by atoms with E-state index in [1.807, 2.05) is 6.07 Å². The van der Waals surface area contributed by atoms with Crippen molar-refractivity contribution in [1.82, 2.24) is 4.98 Å². The Morgan fingerprint density at radius 1 is 1.08 bits per heavy atom. The summed E-state index contributed by atoms with van der Waals surface area (Å²) in [5.41, 5.74) is 2.10. The lowest BCUT2D eigenvalue weighted by atomic mass is 10.2. The summed E-state index contributed by atoms with van der Waals surface area (Å²) in [5.74, 6) is -0.0278. The van der Waals surface area contributed by atoms with Crippen LogP contribution in [0, 0.1) is 5.82 Å². The first kappa shape index (κ1) is 17.4. The van der Waals surface area contributed by atoms with Crippen molar-refractivity contribution in [2.45, 2.75) is 6.54 Å². The Hall–Kier alpha value is -3.41. The van der Waals surface area contributed by atoms with E-state index in [1.165, 1.54) is 12.3 Å². The van der Waals surface area contributed by atoms with Crippen LogP contribution in [-0.2, 0) is 6.54 Å². The third-order valence-electron chi connectivity index (χ3n) is 3.79. The van der Waals surface area contributed by atoms with Gasteiger partial charge >= 0.3 is 0 Å². The van der Waals surface area contributed by atoms with Gasteiger partial charge in [-0.05, 0) is 30.3 Å². The molecule has 5 nitrogen and oxygen atoms in total. The highest BCUT2D eigenvalue weighted by atomic mass is 19.1. The number of nitrogens with zero attached hydrogens (tertiary/aromatic N) is 1. The Kier molecular flexibility index (Phi) is 5.43. The molecule has 3 rings (SSSR count). The number of hydrogen-bond donors (Lipinski definition) is 2. The molecule has 0 atom stereocenters. The van der Waals surface area contributed by atoms with Crippen LogP contribution in [0.3, 0.4) is 0 Å². The van der Waals surface area contributed by atoms with Gasteiger partial charge in [0.25, 0.3) is 5.91 Å². The van der Waals surface area contributed by atoms with E-state index in [-0.39, 0.29) is 17.4 Å². The van der Waals surface area contributed by atoms with Gasteiger partial charge in [-0.2, -0.15) is 0 Å². The summed E-state index contributed by atoms with van der Waals surface area (Å²) in [4.78, 5) is 16.5. The smallest absolute Gasteiger partial charge is 0.274 e. The van der Waals surface area contributed by atoms with Gasteiger partial charge in [-0.1, -0.05) is 30.3 Å². The summed E-state index contributed by atoms with van der Waals surface area (Å²) in [7, 11) is 1.54. The Balaban J connectivity index is 1.63. The van der Waals surface area contributed by atoms with Gasteiger partial charge in [0.1, 0.15) is 17.3 Å². The van der Waals surface area contributed by atoms with E-state index in [1.54, 1.807) is 55.6 Å². The molecule has 0 radical (unpaired) electrons. The van der Waals surface area contributed by atoms with Crippen molar-refractivity contribution in [3.63, 3.8) is 0 Å². The number of benzene rings is 2. The van der Waals surface area contributed by atoms with Crippen molar-refractivity contribution in [1.29, 1.82) is 0 Å². The fraction of sp³-hybridized carbons (Fsp3) is 0.100. The fourth-order valence-electron chi connectivity index (χ4n) is 2.41. The first-order valence-electron chi connectivity index (χ1n) is 8.05. The Bertz CT molecular complexity index is 898. The van der Waals surface area contributed by atoms with Crippen molar-refractivity contribution in [3.8, 4) is 5.75 Å². The number of methoxy groups -OCH3 is 1. The van der Waals surface area contributed by atoms with E-state index in [4.69, 9.17) is 4.74 Å². The Morgan fingerprint density at radius 2 is 1.85 bits per heavy atom. The number of para-hydroxylation sites is 2. The van der Waals surface area contributed by atoms with Gasteiger partial charge in [-0.15, -0.1) is 0 Å². The number of anilines is 2. The molecule has 1 aromatic heterocycles. The van der Waals surface area contributed by atoms with Crippen molar-refractivity contribution < 1.29 is 13.9 Å². The van der Waals surface area contributed by atoms with Crippen LogP contribution in [0.25, 0.3) is 0 Å². The number of carbonyl (C=O) groups is 1. The normalized spacial score (nSPS) is 10.2. The third-order valence-corrected chi connectivity index (χ3v) is 3.79. The summed E-state index contributed by atoms with van der Waals surface area (Å²) in [6, 6.07) is 17.0. The largest absolute Gasteiger partial charge is 0.495 e. The molecule has 0 saturated carbocycles. The van der Waals surface area contributed by atoms with E-state index in [0.29, 0.717) is 29.2 Å². The fourth-order valence-corrected chi connectivity index (χ4v) is 2.41. The Labute approximate surface area is 150 Å². The minimum absolute atomic E-state index is 0.263. The van der Waals surface area contributed by atoms with Crippen LogP contribution < -0.4 is 15.4 Å². The molecule has 0 aliphatic carbocycles. The predicted octanol–water partition coefficient (Wildman–Crippen LogP) is 4.09. The van der Waals surface area contributed by atoms with Crippen molar-refractivity contribution >= 4 is 17.3 Å². The highest BCUT2D eigenvalue weighted by molar-refractivity contribution is 6.03. The first-order valence-corrected chi connectivity index (χ1v) is 8.05. The van der Waals surface area contributed by atoms with Gasteiger partial charge in [0.2, 0.25) is 0 Å². The molecule has 26 heavy (non-hydrogen) atoms. The maximum Gasteiger partial charge on any atom is 0.274 e. The quantitative estimate of drug-likeness (QED) is 0.702. The standard InChI is InChI=1S/C20H18FN3O2/c1-26-19-9-5-4-8-17(19)24-20(25)18-11-10-15(13-23-18)22-12-14-6-2-3-7-16(14)21/h2-11,13,22H,12H2,1H3,(H,24,25). The summed E-state index contributed by atoms with van der Waals surface area (Å²) < 4.78 is 18.8. The van der Waals surface area contributed by atoms with Crippen LogP contribution in [0.15, 0.2) is 66.9 Å². The highest BCUT2D eigenvalue weighted by Gasteiger charge is 2.10. The average Bonchev–Trinajstić information content (AvgIpc) is 2.68. The molecule has 132 valence electrons. The molecular weight excluding hydrogens is 333 g/mol.